The maximum atomic E-state index is 11.5. The zero-order valence-electron chi connectivity index (χ0n) is 10.6. The number of nitrogens with zero attached hydrogens (tertiary/aromatic N) is 2. The fourth-order valence-electron chi connectivity index (χ4n) is 2.16. The standard InChI is InChI=1S/C14H11ClN2O3/c1-17-12-4-9(10-6-16-3-2-8(10)7-18)11(15)5-13(12)20-14(17)19/h2-6,18H,7H2,1H3. The molecule has 0 atom stereocenters. The highest BCUT2D eigenvalue weighted by atomic mass is 35.5. The van der Waals surface area contributed by atoms with Crippen LogP contribution >= 0.6 is 11.6 Å². The van der Waals surface area contributed by atoms with Crippen LogP contribution in [0.4, 0.5) is 0 Å². The van der Waals surface area contributed by atoms with E-state index in [0.29, 0.717) is 21.7 Å². The first-order valence-electron chi connectivity index (χ1n) is 5.95. The lowest BCUT2D eigenvalue weighted by molar-refractivity contribution is 0.282. The van der Waals surface area contributed by atoms with Crippen molar-refractivity contribution < 1.29 is 9.52 Å². The fraction of sp³-hybridized carbons (Fsp3) is 0.143. The predicted octanol–water partition coefficient (Wildman–Crippen LogP) is 2.34. The van der Waals surface area contributed by atoms with Crippen LogP contribution in [0.5, 0.6) is 0 Å². The summed E-state index contributed by atoms with van der Waals surface area (Å²) < 4.78 is 6.49. The highest BCUT2D eigenvalue weighted by molar-refractivity contribution is 6.34. The van der Waals surface area contributed by atoms with Gasteiger partial charge in [0.15, 0.2) is 5.58 Å². The van der Waals surface area contributed by atoms with Gasteiger partial charge in [-0.3, -0.25) is 9.55 Å². The van der Waals surface area contributed by atoms with Crippen molar-refractivity contribution in [2.24, 2.45) is 7.05 Å². The smallest absolute Gasteiger partial charge is 0.408 e. The summed E-state index contributed by atoms with van der Waals surface area (Å²) in [5.74, 6) is -0.443. The third-order valence-electron chi connectivity index (χ3n) is 3.25. The highest BCUT2D eigenvalue weighted by Gasteiger charge is 2.14. The normalized spacial score (nSPS) is 11.2. The van der Waals surface area contributed by atoms with Gasteiger partial charge in [-0.25, -0.2) is 4.79 Å². The van der Waals surface area contributed by atoms with Crippen LogP contribution in [0.2, 0.25) is 5.02 Å². The summed E-state index contributed by atoms with van der Waals surface area (Å²) in [6.45, 7) is -0.115. The molecule has 0 unspecified atom stereocenters. The molecule has 1 N–H and O–H groups in total. The maximum absolute atomic E-state index is 11.5. The summed E-state index contributed by atoms with van der Waals surface area (Å²) in [6.07, 6.45) is 3.24. The number of hydrogen-bond donors (Lipinski definition) is 1. The molecular formula is C14H11ClN2O3. The SMILES string of the molecule is Cn1c(=O)oc2cc(Cl)c(-c3cnccc3CO)cc21. The van der Waals surface area contributed by atoms with Gasteiger partial charge in [-0.15, -0.1) is 0 Å². The number of rotatable bonds is 2. The fourth-order valence-corrected chi connectivity index (χ4v) is 2.41. The lowest BCUT2D eigenvalue weighted by atomic mass is 10.0. The van der Waals surface area contributed by atoms with E-state index in [1.165, 1.54) is 4.57 Å². The van der Waals surface area contributed by atoms with Gasteiger partial charge in [0.1, 0.15) is 0 Å². The second-order valence-corrected chi connectivity index (χ2v) is 4.82. The topological polar surface area (TPSA) is 68.3 Å². The number of aliphatic hydroxyl groups excluding tert-OH is 1. The van der Waals surface area contributed by atoms with E-state index in [4.69, 9.17) is 16.0 Å². The molecule has 0 fully saturated rings. The monoisotopic (exact) mass is 290 g/mol. The quantitative estimate of drug-likeness (QED) is 0.786. The molecule has 0 aliphatic carbocycles. The van der Waals surface area contributed by atoms with Gasteiger partial charge in [-0.1, -0.05) is 11.6 Å². The zero-order valence-corrected chi connectivity index (χ0v) is 11.4. The largest absolute Gasteiger partial charge is 0.419 e. The predicted molar refractivity (Wildman–Crippen MR) is 75.6 cm³/mol. The van der Waals surface area contributed by atoms with Crippen LogP contribution in [0.1, 0.15) is 5.56 Å². The minimum atomic E-state index is -0.443. The van der Waals surface area contributed by atoms with E-state index in [2.05, 4.69) is 4.98 Å². The van der Waals surface area contributed by atoms with E-state index in [0.717, 1.165) is 11.1 Å². The van der Waals surface area contributed by atoms with Gasteiger partial charge in [-0.2, -0.15) is 0 Å². The van der Waals surface area contributed by atoms with Crippen LogP contribution in [-0.4, -0.2) is 14.7 Å². The van der Waals surface area contributed by atoms with Crippen molar-refractivity contribution in [2.75, 3.05) is 0 Å². The van der Waals surface area contributed by atoms with Gasteiger partial charge < -0.3 is 9.52 Å². The summed E-state index contributed by atoms with van der Waals surface area (Å²) in [4.78, 5) is 15.6. The molecule has 0 saturated carbocycles. The second-order valence-electron chi connectivity index (χ2n) is 4.42. The molecule has 102 valence electrons. The molecule has 1 aromatic carbocycles. The summed E-state index contributed by atoms with van der Waals surface area (Å²) in [7, 11) is 1.63. The third-order valence-corrected chi connectivity index (χ3v) is 3.57. The van der Waals surface area contributed by atoms with Crippen molar-refractivity contribution in [3.63, 3.8) is 0 Å². The molecule has 2 heterocycles. The molecule has 0 amide bonds. The molecule has 0 saturated heterocycles. The first-order chi connectivity index (χ1) is 9.61. The van der Waals surface area contributed by atoms with Gasteiger partial charge in [0.2, 0.25) is 0 Å². The number of aliphatic hydroxyl groups is 1. The molecule has 6 heteroatoms. The maximum Gasteiger partial charge on any atom is 0.419 e. The number of halogens is 1. The molecule has 5 nitrogen and oxygen atoms in total. The number of benzene rings is 1. The Morgan fingerprint density at radius 1 is 1.40 bits per heavy atom. The summed E-state index contributed by atoms with van der Waals surface area (Å²) in [5.41, 5.74) is 3.22. The molecule has 0 aliphatic rings. The number of aromatic nitrogens is 2. The van der Waals surface area contributed by atoms with E-state index < -0.39 is 5.76 Å². The molecule has 0 aliphatic heterocycles. The molecule has 0 spiro atoms. The van der Waals surface area contributed by atoms with Gasteiger partial charge in [-0.05, 0) is 17.7 Å². The minimum Gasteiger partial charge on any atom is -0.408 e. The van der Waals surface area contributed by atoms with E-state index in [-0.39, 0.29) is 6.61 Å². The Labute approximate surface area is 119 Å². The highest BCUT2D eigenvalue weighted by Crippen LogP contribution is 2.33. The Hall–Kier alpha value is -2.11. The van der Waals surface area contributed by atoms with Crippen LogP contribution in [-0.2, 0) is 13.7 Å². The van der Waals surface area contributed by atoms with Crippen LogP contribution < -0.4 is 5.76 Å². The average Bonchev–Trinajstić information content (AvgIpc) is 2.72. The molecule has 3 rings (SSSR count). The molecule has 20 heavy (non-hydrogen) atoms. The number of oxazole rings is 1. The number of fused-ring (bicyclic) bond motifs is 1. The van der Waals surface area contributed by atoms with Gasteiger partial charge in [0.05, 0.1) is 17.1 Å². The number of pyridine rings is 1. The van der Waals surface area contributed by atoms with Crippen LogP contribution in [0.3, 0.4) is 0 Å². The molecule has 3 aromatic rings. The zero-order chi connectivity index (χ0) is 14.3. The lowest BCUT2D eigenvalue weighted by Gasteiger charge is -2.09. The summed E-state index contributed by atoms with van der Waals surface area (Å²) >= 11 is 6.25. The lowest BCUT2D eigenvalue weighted by Crippen LogP contribution is -2.08. The van der Waals surface area contributed by atoms with Crippen molar-refractivity contribution in [1.82, 2.24) is 9.55 Å². The first-order valence-corrected chi connectivity index (χ1v) is 6.33. The molecule has 2 aromatic heterocycles. The van der Waals surface area contributed by atoms with Crippen LogP contribution in [0.15, 0.2) is 39.8 Å². The summed E-state index contributed by atoms with van der Waals surface area (Å²) in [6, 6.07) is 5.09. The van der Waals surface area contributed by atoms with Crippen molar-refractivity contribution in [2.45, 2.75) is 6.61 Å². The molecule has 0 radical (unpaired) electrons. The Balaban J connectivity index is 2.33. The van der Waals surface area contributed by atoms with Crippen molar-refractivity contribution >= 4 is 22.7 Å². The van der Waals surface area contributed by atoms with E-state index in [1.54, 1.807) is 37.6 Å². The van der Waals surface area contributed by atoms with Crippen LogP contribution in [0.25, 0.3) is 22.2 Å². The Morgan fingerprint density at radius 2 is 2.20 bits per heavy atom. The Morgan fingerprint density at radius 3 is 2.95 bits per heavy atom. The molecular weight excluding hydrogens is 280 g/mol. The van der Waals surface area contributed by atoms with Crippen molar-refractivity contribution in [3.8, 4) is 11.1 Å². The van der Waals surface area contributed by atoms with E-state index in [1.807, 2.05) is 0 Å². The van der Waals surface area contributed by atoms with Crippen molar-refractivity contribution in [1.29, 1.82) is 0 Å². The third kappa shape index (κ3) is 1.92. The Bertz CT molecular complexity index is 851. The van der Waals surface area contributed by atoms with Gasteiger partial charge in [0, 0.05) is 36.6 Å². The Kier molecular flexibility index (Phi) is 3.08. The summed E-state index contributed by atoms with van der Waals surface area (Å²) in [5, 5.41) is 9.84. The van der Waals surface area contributed by atoms with E-state index in [9.17, 15) is 9.90 Å². The minimum absolute atomic E-state index is 0.115. The average molecular weight is 291 g/mol. The van der Waals surface area contributed by atoms with Crippen LogP contribution in [0, 0.1) is 0 Å². The van der Waals surface area contributed by atoms with Crippen molar-refractivity contribution in [3.05, 3.63) is 51.7 Å². The first kappa shape index (κ1) is 12.9. The van der Waals surface area contributed by atoms with E-state index >= 15 is 0 Å². The number of hydrogen-bond acceptors (Lipinski definition) is 4. The van der Waals surface area contributed by atoms with Gasteiger partial charge >= 0.3 is 5.76 Å². The molecule has 0 bridgehead atoms. The number of aryl methyl sites for hydroxylation is 1. The van der Waals surface area contributed by atoms with Gasteiger partial charge in [0.25, 0.3) is 0 Å². The second kappa shape index (κ2) is 4.77.